The molecule has 9 heteroatoms. The minimum atomic E-state index is -0.568. The van der Waals surface area contributed by atoms with Crippen molar-refractivity contribution in [2.45, 2.75) is 20.0 Å². The molecule has 3 rings (SSSR count). The van der Waals surface area contributed by atoms with Gasteiger partial charge in [-0.05, 0) is 54.4 Å². The summed E-state index contributed by atoms with van der Waals surface area (Å²) in [7, 11) is 0. The quantitative estimate of drug-likeness (QED) is 0.220. The van der Waals surface area contributed by atoms with Crippen LogP contribution in [0.25, 0.3) is 0 Å². The summed E-state index contributed by atoms with van der Waals surface area (Å²) >= 11 is 11.8. The number of ether oxygens (including phenoxy) is 2. The summed E-state index contributed by atoms with van der Waals surface area (Å²) in [4.78, 5) is 24.1. The zero-order valence-corrected chi connectivity index (χ0v) is 19.9. The Hall–Kier alpha value is -3.55. The summed E-state index contributed by atoms with van der Waals surface area (Å²) in [5.74, 6) is 0.0897. The fraction of sp³-hybridized carbons (Fsp3) is 0.160. The molecule has 0 aliphatic rings. The zero-order valence-electron chi connectivity index (χ0n) is 18.4. The largest absolute Gasteiger partial charge is 0.490 e. The van der Waals surface area contributed by atoms with E-state index in [2.05, 4.69) is 15.8 Å². The third-order valence-corrected chi connectivity index (χ3v) is 5.17. The SMILES string of the molecule is CCOc1cc(C=NNC(=O)CC(=O)Nc2ccc(Cl)c(Cl)c2)ccc1OCc1ccccc1. The molecule has 0 aromatic heterocycles. The number of hydrogen-bond acceptors (Lipinski definition) is 5. The lowest BCUT2D eigenvalue weighted by Crippen LogP contribution is -2.24. The van der Waals surface area contributed by atoms with Gasteiger partial charge in [0, 0.05) is 5.69 Å². The van der Waals surface area contributed by atoms with Crippen molar-refractivity contribution in [3.8, 4) is 11.5 Å². The molecule has 2 amide bonds. The molecule has 0 bridgehead atoms. The van der Waals surface area contributed by atoms with E-state index < -0.39 is 18.2 Å². The van der Waals surface area contributed by atoms with Crippen molar-refractivity contribution in [1.82, 2.24) is 5.43 Å². The molecule has 0 radical (unpaired) electrons. The Kier molecular flexibility index (Phi) is 9.31. The Morgan fingerprint density at radius 1 is 0.912 bits per heavy atom. The van der Waals surface area contributed by atoms with E-state index in [1.54, 1.807) is 30.3 Å². The molecule has 0 spiro atoms. The van der Waals surface area contributed by atoms with Gasteiger partial charge in [0.05, 0.1) is 22.9 Å². The summed E-state index contributed by atoms with van der Waals surface area (Å²) in [6.07, 6.45) is 1.05. The van der Waals surface area contributed by atoms with Gasteiger partial charge in [0.25, 0.3) is 0 Å². The Morgan fingerprint density at radius 3 is 2.44 bits per heavy atom. The average Bonchev–Trinajstić information content (AvgIpc) is 2.82. The minimum absolute atomic E-state index is 0.302. The fourth-order valence-electron chi connectivity index (χ4n) is 2.87. The molecule has 0 aliphatic heterocycles. The highest BCUT2D eigenvalue weighted by Gasteiger charge is 2.10. The summed E-state index contributed by atoms with van der Waals surface area (Å²) in [5, 5.41) is 7.16. The number of benzene rings is 3. The highest BCUT2D eigenvalue weighted by molar-refractivity contribution is 6.42. The molecule has 2 N–H and O–H groups in total. The van der Waals surface area contributed by atoms with Gasteiger partial charge in [-0.15, -0.1) is 0 Å². The molecule has 0 saturated heterocycles. The lowest BCUT2D eigenvalue weighted by Gasteiger charge is -2.12. The normalized spacial score (nSPS) is 10.7. The van der Waals surface area contributed by atoms with E-state index in [0.717, 1.165) is 5.56 Å². The van der Waals surface area contributed by atoms with Crippen molar-refractivity contribution >= 4 is 46.9 Å². The van der Waals surface area contributed by atoms with E-state index in [9.17, 15) is 9.59 Å². The standard InChI is InChI=1S/C25H23Cl2N3O4/c1-2-33-23-12-18(8-11-22(23)34-16-17-6-4-3-5-7-17)15-28-30-25(32)14-24(31)29-19-9-10-20(26)21(27)13-19/h3-13,15H,2,14,16H2,1H3,(H,29,31)(H,30,32). The monoisotopic (exact) mass is 499 g/mol. The van der Waals surface area contributed by atoms with Crippen LogP contribution in [0.15, 0.2) is 71.8 Å². The summed E-state index contributed by atoms with van der Waals surface area (Å²) in [6, 6.07) is 19.8. The van der Waals surface area contributed by atoms with Crippen LogP contribution in [-0.4, -0.2) is 24.6 Å². The number of carbonyl (C=O) groups is 2. The maximum atomic E-state index is 12.0. The van der Waals surface area contributed by atoms with Crippen molar-refractivity contribution in [2.75, 3.05) is 11.9 Å². The Balaban J connectivity index is 1.53. The molecule has 0 atom stereocenters. The third-order valence-electron chi connectivity index (χ3n) is 4.43. The molecule has 0 saturated carbocycles. The van der Waals surface area contributed by atoms with E-state index in [0.29, 0.717) is 46.0 Å². The first-order chi connectivity index (χ1) is 16.4. The van der Waals surface area contributed by atoms with Crippen LogP contribution in [0, 0.1) is 0 Å². The van der Waals surface area contributed by atoms with E-state index in [1.165, 1.54) is 12.3 Å². The van der Waals surface area contributed by atoms with Crippen LogP contribution in [0.5, 0.6) is 11.5 Å². The first kappa shape index (κ1) is 25.1. The molecule has 0 unspecified atom stereocenters. The summed E-state index contributed by atoms with van der Waals surface area (Å²) in [6.45, 7) is 2.76. The predicted octanol–water partition coefficient (Wildman–Crippen LogP) is 5.45. The smallest absolute Gasteiger partial charge is 0.249 e. The Morgan fingerprint density at radius 2 is 1.71 bits per heavy atom. The van der Waals surface area contributed by atoms with Gasteiger partial charge >= 0.3 is 0 Å². The van der Waals surface area contributed by atoms with Crippen molar-refractivity contribution in [2.24, 2.45) is 5.10 Å². The predicted molar refractivity (Wildman–Crippen MR) is 134 cm³/mol. The summed E-state index contributed by atoms with van der Waals surface area (Å²) in [5.41, 5.74) is 4.50. The molecule has 0 heterocycles. The van der Waals surface area contributed by atoms with Crippen LogP contribution < -0.4 is 20.2 Å². The molecular formula is C25H23Cl2N3O4. The van der Waals surface area contributed by atoms with Crippen LogP contribution >= 0.6 is 23.2 Å². The number of nitrogens with one attached hydrogen (secondary N) is 2. The number of hydrogen-bond donors (Lipinski definition) is 2. The van der Waals surface area contributed by atoms with Gasteiger partial charge in [0.2, 0.25) is 11.8 Å². The number of carbonyl (C=O) groups excluding carboxylic acids is 2. The van der Waals surface area contributed by atoms with E-state index in [1.807, 2.05) is 37.3 Å². The first-order valence-electron chi connectivity index (χ1n) is 10.4. The molecule has 7 nitrogen and oxygen atoms in total. The molecule has 176 valence electrons. The fourth-order valence-corrected chi connectivity index (χ4v) is 3.17. The first-order valence-corrected chi connectivity index (χ1v) is 11.2. The Labute approximate surface area is 207 Å². The van der Waals surface area contributed by atoms with Gasteiger partial charge in [-0.1, -0.05) is 53.5 Å². The number of amides is 2. The second-order valence-corrected chi connectivity index (χ2v) is 7.87. The minimum Gasteiger partial charge on any atom is -0.490 e. The van der Waals surface area contributed by atoms with Crippen molar-refractivity contribution < 1.29 is 19.1 Å². The number of halogens is 2. The third kappa shape index (κ3) is 7.79. The highest BCUT2D eigenvalue weighted by Crippen LogP contribution is 2.29. The second-order valence-electron chi connectivity index (χ2n) is 7.06. The van der Waals surface area contributed by atoms with Gasteiger partial charge in [-0.3, -0.25) is 9.59 Å². The van der Waals surface area contributed by atoms with Gasteiger partial charge in [-0.25, -0.2) is 5.43 Å². The molecule has 3 aromatic rings. The van der Waals surface area contributed by atoms with Crippen LogP contribution in [0.1, 0.15) is 24.5 Å². The Bertz CT molecular complexity index is 1170. The van der Waals surface area contributed by atoms with E-state index in [4.69, 9.17) is 32.7 Å². The molecular weight excluding hydrogens is 477 g/mol. The maximum absolute atomic E-state index is 12.0. The van der Waals surface area contributed by atoms with Crippen LogP contribution in [0.2, 0.25) is 10.0 Å². The summed E-state index contributed by atoms with van der Waals surface area (Å²) < 4.78 is 11.6. The molecule has 0 fully saturated rings. The average molecular weight is 500 g/mol. The number of rotatable bonds is 10. The van der Waals surface area contributed by atoms with Crippen LogP contribution in [0.3, 0.4) is 0 Å². The van der Waals surface area contributed by atoms with Crippen molar-refractivity contribution in [3.63, 3.8) is 0 Å². The highest BCUT2D eigenvalue weighted by atomic mass is 35.5. The van der Waals surface area contributed by atoms with Crippen LogP contribution in [0.4, 0.5) is 5.69 Å². The van der Waals surface area contributed by atoms with Gasteiger partial charge in [-0.2, -0.15) is 5.10 Å². The van der Waals surface area contributed by atoms with Crippen LogP contribution in [-0.2, 0) is 16.2 Å². The van der Waals surface area contributed by atoms with Gasteiger partial charge in [0.15, 0.2) is 11.5 Å². The lowest BCUT2D eigenvalue weighted by atomic mass is 10.2. The van der Waals surface area contributed by atoms with Crippen molar-refractivity contribution in [1.29, 1.82) is 0 Å². The van der Waals surface area contributed by atoms with Gasteiger partial charge < -0.3 is 14.8 Å². The van der Waals surface area contributed by atoms with E-state index >= 15 is 0 Å². The zero-order chi connectivity index (χ0) is 24.3. The van der Waals surface area contributed by atoms with E-state index in [-0.39, 0.29) is 0 Å². The molecule has 34 heavy (non-hydrogen) atoms. The number of nitrogens with zero attached hydrogens (tertiary/aromatic N) is 1. The number of hydrazone groups is 1. The molecule has 0 aliphatic carbocycles. The maximum Gasteiger partial charge on any atom is 0.249 e. The topological polar surface area (TPSA) is 89.0 Å². The lowest BCUT2D eigenvalue weighted by molar-refractivity contribution is -0.126. The molecule has 3 aromatic carbocycles. The number of anilines is 1. The van der Waals surface area contributed by atoms with Crippen molar-refractivity contribution in [3.05, 3.63) is 87.9 Å². The van der Waals surface area contributed by atoms with Gasteiger partial charge in [0.1, 0.15) is 13.0 Å². The second kappa shape index (κ2) is 12.6.